The van der Waals surface area contributed by atoms with E-state index in [0.717, 1.165) is 23.2 Å². The number of carbonyl (C=O) groups is 2. The van der Waals surface area contributed by atoms with Gasteiger partial charge in [-0.2, -0.15) is 0 Å². The number of halogens is 1. The van der Waals surface area contributed by atoms with E-state index in [1.807, 2.05) is 36.4 Å². The highest BCUT2D eigenvalue weighted by atomic mass is 35.5. The van der Waals surface area contributed by atoms with Crippen molar-refractivity contribution in [3.8, 4) is 0 Å². The Morgan fingerprint density at radius 2 is 1.72 bits per heavy atom. The largest absolute Gasteiger partial charge is 0.352 e. The van der Waals surface area contributed by atoms with Crippen LogP contribution in [0.4, 0.5) is 5.69 Å². The van der Waals surface area contributed by atoms with Crippen LogP contribution in [0.25, 0.3) is 0 Å². The number of benzene rings is 2. The van der Waals surface area contributed by atoms with Crippen LogP contribution in [0.2, 0.25) is 5.02 Å². The van der Waals surface area contributed by atoms with E-state index in [2.05, 4.69) is 17.6 Å². The maximum atomic E-state index is 12.4. The Bertz CT molecular complexity index is 774. The maximum absolute atomic E-state index is 12.4. The number of anilines is 1. The van der Waals surface area contributed by atoms with Crippen molar-refractivity contribution in [1.29, 1.82) is 0 Å². The average molecular weight is 357 g/mol. The summed E-state index contributed by atoms with van der Waals surface area (Å²) in [5, 5.41) is 6.51. The van der Waals surface area contributed by atoms with E-state index in [1.54, 1.807) is 12.1 Å². The Morgan fingerprint density at radius 3 is 2.44 bits per heavy atom. The van der Waals surface area contributed by atoms with Crippen molar-refractivity contribution in [2.75, 3.05) is 5.32 Å². The van der Waals surface area contributed by atoms with Crippen LogP contribution in [0.5, 0.6) is 0 Å². The van der Waals surface area contributed by atoms with Gasteiger partial charge in [-0.1, -0.05) is 48.9 Å². The van der Waals surface area contributed by atoms with Crippen LogP contribution in [-0.2, 0) is 22.6 Å². The summed E-state index contributed by atoms with van der Waals surface area (Å²) in [6, 6.07) is 15.1. The van der Waals surface area contributed by atoms with Crippen LogP contribution >= 0.6 is 11.6 Å². The maximum Gasteiger partial charge on any atom is 0.228 e. The molecule has 2 atom stereocenters. The minimum atomic E-state index is -0.241. The van der Waals surface area contributed by atoms with E-state index < -0.39 is 0 Å². The molecule has 0 aromatic heterocycles. The molecule has 0 bridgehead atoms. The lowest BCUT2D eigenvalue weighted by Crippen LogP contribution is -2.27. The normalized spacial score (nSPS) is 18.5. The number of nitrogens with one attached hydrogen (secondary N) is 2. The Kier molecular flexibility index (Phi) is 5.39. The lowest BCUT2D eigenvalue weighted by atomic mass is 10.1. The summed E-state index contributed by atoms with van der Waals surface area (Å²) in [6.07, 6.45) is 1.46. The zero-order valence-corrected chi connectivity index (χ0v) is 14.8. The second kappa shape index (κ2) is 7.70. The van der Waals surface area contributed by atoms with Gasteiger partial charge in [-0.25, -0.2) is 0 Å². The van der Waals surface area contributed by atoms with Crippen molar-refractivity contribution >= 4 is 29.1 Å². The fourth-order valence-electron chi connectivity index (χ4n) is 2.87. The standard InChI is InChI=1S/C20H21ClN2O2/c1-2-14-5-3-4-6-18(14)23-20(25)17-11-16(17)19(24)22-12-13-7-9-15(21)10-8-13/h3-10,16-17H,2,11-12H2,1H3,(H,22,24)(H,23,25). The summed E-state index contributed by atoms with van der Waals surface area (Å²) in [5.74, 6) is -0.623. The molecule has 2 unspecified atom stereocenters. The van der Waals surface area contributed by atoms with Gasteiger partial charge in [0.25, 0.3) is 0 Å². The number of hydrogen-bond acceptors (Lipinski definition) is 2. The molecule has 2 amide bonds. The van der Waals surface area contributed by atoms with Crippen LogP contribution in [0.15, 0.2) is 48.5 Å². The quantitative estimate of drug-likeness (QED) is 0.827. The molecule has 0 heterocycles. The molecule has 4 nitrogen and oxygen atoms in total. The minimum Gasteiger partial charge on any atom is -0.352 e. The van der Waals surface area contributed by atoms with Crippen LogP contribution in [0, 0.1) is 11.8 Å². The zero-order chi connectivity index (χ0) is 17.8. The van der Waals surface area contributed by atoms with Gasteiger partial charge in [-0.3, -0.25) is 9.59 Å². The summed E-state index contributed by atoms with van der Waals surface area (Å²) in [6.45, 7) is 2.49. The number of hydrogen-bond donors (Lipinski definition) is 2. The van der Waals surface area contributed by atoms with Gasteiger partial charge in [-0.15, -0.1) is 0 Å². The number of carbonyl (C=O) groups excluding carboxylic acids is 2. The molecular formula is C20H21ClN2O2. The molecule has 3 rings (SSSR count). The summed E-state index contributed by atoms with van der Waals surface area (Å²) in [5.41, 5.74) is 2.92. The molecule has 1 fully saturated rings. The summed E-state index contributed by atoms with van der Waals surface area (Å²) in [4.78, 5) is 24.6. The van der Waals surface area contributed by atoms with E-state index in [9.17, 15) is 9.59 Å². The van der Waals surface area contributed by atoms with Crippen molar-refractivity contribution in [1.82, 2.24) is 5.32 Å². The summed E-state index contributed by atoms with van der Waals surface area (Å²) >= 11 is 5.85. The van der Waals surface area contributed by atoms with E-state index in [0.29, 0.717) is 18.0 Å². The van der Waals surface area contributed by atoms with E-state index in [-0.39, 0.29) is 23.7 Å². The van der Waals surface area contributed by atoms with Gasteiger partial charge in [0.05, 0.1) is 11.8 Å². The van der Waals surface area contributed by atoms with Crippen molar-refractivity contribution in [2.24, 2.45) is 11.8 Å². The van der Waals surface area contributed by atoms with Crippen molar-refractivity contribution in [3.05, 3.63) is 64.7 Å². The predicted molar refractivity (Wildman–Crippen MR) is 99.3 cm³/mol. The SMILES string of the molecule is CCc1ccccc1NC(=O)C1CC1C(=O)NCc1ccc(Cl)cc1. The minimum absolute atomic E-state index is 0.0705. The molecule has 1 aliphatic carbocycles. The fourth-order valence-corrected chi connectivity index (χ4v) is 3.00. The highest BCUT2D eigenvalue weighted by Gasteiger charge is 2.47. The number of rotatable bonds is 6. The second-order valence-electron chi connectivity index (χ2n) is 6.29. The number of amides is 2. The molecular weight excluding hydrogens is 336 g/mol. The molecule has 5 heteroatoms. The Labute approximate surface area is 152 Å². The van der Waals surface area contributed by atoms with Gasteiger partial charge in [0.1, 0.15) is 0 Å². The van der Waals surface area contributed by atoms with Gasteiger partial charge in [0.15, 0.2) is 0 Å². The van der Waals surface area contributed by atoms with Gasteiger partial charge in [0, 0.05) is 17.3 Å². The molecule has 2 N–H and O–H groups in total. The van der Waals surface area contributed by atoms with Crippen LogP contribution in [0.1, 0.15) is 24.5 Å². The average Bonchev–Trinajstić information content (AvgIpc) is 3.42. The molecule has 0 radical (unpaired) electrons. The van der Waals surface area contributed by atoms with Gasteiger partial charge >= 0.3 is 0 Å². The Balaban J connectivity index is 1.50. The summed E-state index contributed by atoms with van der Waals surface area (Å²) in [7, 11) is 0. The number of aryl methyl sites for hydroxylation is 1. The smallest absolute Gasteiger partial charge is 0.228 e. The highest BCUT2D eigenvalue weighted by Crippen LogP contribution is 2.39. The van der Waals surface area contributed by atoms with E-state index >= 15 is 0 Å². The Morgan fingerprint density at radius 1 is 1.04 bits per heavy atom. The van der Waals surface area contributed by atoms with Crippen molar-refractivity contribution in [2.45, 2.75) is 26.3 Å². The molecule has 2 aromatic carbocycles. The molecule has 1 aliphatic rings. The van der Waals surface area contributed by atoms with Crippen LogP contribution < -0.4 is 10.6 Å². The van der Waals surface area contributed by atoms with Crippen LogP contribution in [-0.4, -0.2) is 11.8 Å². The molecule has 1 saturated carbocycles. The molecule has 25 heavy (non-hydrogen) atoms. The second-order valence-corrected chi connectivity index (χ2v) is 6.73. The topological polar surface area (TPSA) is 58.2 Å². The lowest BCUT2D eigenvalue weighted by molar-refractivity contribution is -0.125. The highest BCUT2D eigenvalue weighted by molar-refractivity contribution is 6.30. The molecule has 2 aromatic rings. The third-order valence-electron chi connectivity index (χ3n) is 4.50. The molecule has 0 aliphatic heterocycles. The lowest BCUT2D eigenvalue weighted by Gasteiger charge is -2.09. The van der Waals surface area contributed by atoms with Gasteiger partial charge < -0.3 is 10.6 Å². The third-order valence-corrected chi connectivity index (χ3v) is 4.75. The van der Waals surface area contributed by atoms with Crippen LogP contribution in [0.3, 0.4) is 0 Å². The number of para-hydroxylation sites is 1. The van der Waals surface area contributed by atoms with Crippen molar-refractivity contribution in [3.63, 3.8) is 0 Å². The summed E-state index contributed by atoms with van der Waals surface area (Å²) < 4.78 is 0. The third kappa shape index (κ3) is 4.40. The van der Waals surface area contributed by atoms with E-state index in [4.69, 9.17) is 11.6 Å². The van der Waals surface area contributed by atoms with Gasteiger partial charge in [-0.05, 0) is 42.2 Å². The monoisotopic (exact) mass is 356 g/mol. The first-order valence-electron chi connectivity index (χ1n) is 8.49. The van der Waals surface area contributed by atoms with Gasteiger partial charge in [0.2, 0.25) is 11.8 Å². The first kappa shape index (κ1) is 17.5. The molecule has 0 saturated heterocycles. The predicted octanol–water partition coefficient (Wildman–Crippen LogP) is 3.79. The zero-order valence-electron chi connectivity index (χ0n) is 14.1. The van der Waals surface area contributed by atoms with Crippen molar-refractivity contribution < 1.29 is 9.59 Å². The molecule has 0 spiro atoms. The molecule has 130 valence electrons. The fraction of sp³-hybridized carbons (Fsp3) is 0.300. The first-order valence-corrected chi connectivity index (χ1v) is 8.87. The van der Waals surface area contributed by atoms with E-state index in [1.165, 1.54) is 0 Å². The first-order chi connectivity index (χ1) is 12.1. The Hall–Kier alpha value is -2.33.